The number of benzene rings is 3. The fourth-order valence-corrected chi connectivity index (χ4v) is 6.61. The van der Waals surface area contributed by atoms with Crippen molar-refractivity contribution in [2.75, 3.05) is 77.1 Å². The molecule has 0 saturated carbocycles. The second-order valence-corrected chi connectivity index (χ2v) is 12.8. The average Bonchev–Trinajstić information content (AvgIpc) is 3.10. The zero-order valence-electron chi connectivity index (χ0n) is 28.0. The Morgan fingerprint density at radius 2 is 1.69 bits per heavy atom. The summed E-state index contributed by atoms with van der Waals surface area (Å²) in [4.78, 5) is 31.2. The zero-order valence-corrected chi connectivity index (χ0v) is 28.8. The normalized spacial score (nSPS) is 15.4. The summed E-state index contributed by atoms with van der Waals surface area (Å²) in [6, 6.07) is 20.2. The topological polar surface area (TPSA) is 92.7 Å². The van der Waals surface area contributed by atoms with Crippen molar-refractivity contribution in [2.45, 2.75) is 32.6 Å². The Morgan fingerprint density at radius 1 is 0.958 bits per heavy atom. The number of rotatable bonds is 11. The smallest absolute Gasteiger partial charge is 0.410 e. The van der Waals surface area contributed by atoms with Crippen molar-refractivity contribution in [3.63, 3.8) is 0 Å². The molecule has 1 aromatic heterocycles. The maximum absolute atomic E-state index is 12.9. The van der Waals surface area contributed by atoms with Gasteiger partial charge in [-0.1, -0.05) is 66.2 Å². The highest BCUT2D eigenvalue weighted by molar-refractivity contribution is 6.37. The van der Waals surface area contributed by atoms with Gasteiger partial charge in [-0.2, -0.15) is 9.97 Å². The van der Waals surface area contributed by atoms with E-state index < -0.39 is 0 Å². The van der Waals surface area contributed by atoms with Crippen molar-refractivity contribution in [3.05, 3.63) is 82.5 Å². The monoisotopic (exact) mass is 674 g/mol. The molecule has 0 bridgehead atoms. The number of carbonyl (C=O) groups is 1. The Hall–Kier alpha value is -4.32. The minimum absolute atomic E-state index is 0.0980. The van der Waals surface area contributed by atoms with Gasteiger partial charge in [-0.3, -0.25) is 0 Å². The average molecular weight is 675 g/mol. The Kier molecular flexibility index (Phi) is 10.7. The van der Waals surface area contributed by atoms with Crippen LogP contribution in [-0.2, 0) is 29.0 Å². The second kappa shape index (κ2) is 15.3. The van der Waals surface area contributed by atoms with Crippen LogP contribution in [0.1, 0.15) is 23.7 Å². The van der Waals surface area contributed by atoms with Crippen LogP contribution in [-0.4, -0.2) is 99.2 Å². The third-order valence-corrected chi connectivity index (χ3v) is 8.98. The maximum atomic E-state index is 12.9. The van der Waals surface area contributed by atoms with E-state index in [0.717, 1.165) is 58.6 Å². The molecule has 0 unspecified atom stereocenters. The highest BCUT2D eigenvalue weighted by Crippen LogP contribution is 2.41. The first-order valence-electron chi connectivity index (χ1n) is 16.3. The molecule has 254 valence electrons. The van der Waals surface area contributed by atoms with E-state index in [9.17, 15) is 4.79 Å². The first-order valence-corrected chi connectivity index (χ1v) is 16.7. The van der Waals surface area contributed by atoms with E-state index in [1.807, 2.05) is 75.6 Å². The lowest BCUT2D eigenvalue weighted by Gasteiger charge is -2.38. The summed E-state index contributed by atoms with van der Waals surface area (Å²) in [5, 5.41) is 2.51. The van der Waals surface area contributed by atoms with Crippen LogP contribution in [0.2, 0.25) is 5.02 Å². The van der Waals surface area contributed by atoms with Gasteiger partial charge in [-0.15, -0.1) is 0 Å². The van der Waals surface area contributed by atoms with Gasteiger partial charge in [0.1, 0.15) is 24.3 Å². The van der Waals surface area contributed by atoms with E-state index in [1.54, 1.807) is 12.0 Å². The van der Waals surface area contributed by atoms with Crippen LogP contribution in [0.25, 0.3) is 10.8 Å². The van der Waals surface area contributed by atoms with E-state index in [4.69, 9.17) is 40.5 Å². The molecule has 12 heteroatoms. The third-order valence-electron chi connectivity index (χ3n) is 8.59. The molecular weight excluding hydrogens is 632 g/mol. The van der Waals surface area contributed by atoms with Crippen molar-refractivity contribution in [3.8, 4) is 11.8 Å². The number of methoxy groups -OCH3 is 1. The van der Waals surface area contributed by atoms with Gasteiger partial charge in [0.05, 0.1) is 17.3 Å². The molecule has 3 aromatic carbocycles. The van der Waals surface area contributed by atoms with Crippen LogP contribution < -0.4 is 19.3 Å². The van der Waals surface area contributed by atoms with Gasteiger partial charge in [0, 0.05) is 74.5 Å². The largest absolute Gasteiger partial charge is 0.466 e. The molecule has 0 radical (unpaired) electrons. The molecule has 48 heavy (non-hydrogen) atoms. The molecular formula is C36H43ClN6O5. The maximum Gasteiger partial charge on any atom is 0.410 e. The summed E-state index contributed by atoms with van der Waals surface area (Å²) in [5.41, 5.74) is 4.00. The Bertz CT molecular complexity index is 1720. The van der Waals surface area contributed by atoms with E-state index in [2.05, 4.69) is 20.8 Å². The van der Waals surface area contributed by atoms with Crippen LogP contribution in [0, 0.1) is 0 Å². The minimum atomic E-state index is -0.301. The number of hydrogen-bond acceptors (Lipinski definition) is 10. The molecule has 4 aromatic rings. The number of ether oxygens (including phenoxy) is 4. The van der Waals surface area contributed by atoms with Crippen molar-refractivity contribution >= 4 is 40.0 Å². The molecule has 1 amide bonds. The molecule has 6 rings (SSSR count). The SMILES string of the molecule is COCOc1cc(N2CCc3c(nc(O[C@H](C)CN(C)C)nc3N3CCN(C(=O)OCc4ccccc4)CC3)C2)c2ccccc2c1Cl. The molecule has 3 heterocycles. The molecule has 0 aliphatic carbocycles. The number of carbonyl (C=O) groups excluding carboxylic acids is 1. The van der Waals surface area contributed by atoms with Crippen LogP contribution in [0.3, 0.4) is 0 Å². The Balaban J connectivity index is 1.25. The lowest BCUT2D eigenvalue weighted by molar-refractivity contribution is 0.0513. The summed E-state index contributed by atoms with van der Waals surface area (Å²) >= 11 is 6.78. The summed E-state index contributed by atoms with van der Waals surface area (Å²) in [7, 11) is 5.62. The number of anilines is 2. The number of piperazine rings is 1. The first kappa shape index (κ1) is 33.6. The molecule has 1 fully saturated rings. The van der Waals surface area contributed by atoms with Gasteiger partial charge in [0.2, 0.25) is 0 Å². The van der Waals surface area contributed by atoms with Gasteiger partial charge in [0.25, 0.3) is 0 Å². The van der Waals surface area contributed by atoms with Crippen molar-refractivity contribution in [1.29, 1.82) is 0 Å². The Labute approximate surface area is 286 Å². The molecule has 0 N–H and O–H groups in total. The molecule has 2 aliphatic heterocycles. The van der Waals surface area contributed by atoms with Crippen LogP contribution in [0.15, 0.2) is 60.7 Å². The fourth-order valence-electron chi connectivity index (χ4n) is 6.34. The van der Waals surface area contributed by atoms with Crippen molar-refractivity contribution in [1.82, 2.24) is 19.8 Å². The van der Waals surface area contributed by atoms with Gasteiger partial charge in [0.15, 0.2) is 6.79 Å². The van der Waals surface area contributed by atoms with Gasteiger partial charge in [-0.05, 0) is 33.0 Å². The quantitative estimate of drug-likeness (QED) is 0.187. The number of amides is 1. The van der Waals surface area contributed by atoms with E-state index in [0.29, 0.717) is 49.5 Å². The number of fused-ring (bicyclic) bond motifs is 2. The van der Waals surface area contributed by atoms with Crippen molar-refractivity contribution < 1.29 is 23.7 Å². The van der Waals surface area contributed by atoms with Gasteiger partial charge < -0.3 is 38.5 Å². The molecule has 0 spiro atoms. The molecule has 1 saturated heterocycles. The van der Waals surface area contributed by atoms with E-state index in [-0.39, 0.29) is 25.6 Å². The fraction of sp³-hybridized carbons (Fsp3) is 0.417. The standard InChI is InChI=1S/C36H43ClN6O5/c1-25(21-40(2)3)48-35-38-30-22-43(31-20-32(47-24-45-4)33(37)28-13-9-8-12-27(28)31)15-14-29(30)34(39-35)41-16-18-42(19-17-41)36(44)46-23-26-10-6-5-7-11-26/h5-13,20,25H,14-19,21-24H2,1-4H3/t25-/m1/s1. The van der Waals surface area contributed by atoms with E-state index in [1.165, 1.54) is 0 Å². The molecule has 11 nitrogen and oxygen atoms in total. The minimum Gasteiger partial charge on any atom is -0.466 e. The predicted molar refractivity (Wildman–Crippen MR) is 187 cm³/mol. The van der Waals surface area contributed by atoms with Gasteiger partial charge >= 0.3 is 12.1 Å². The summed E-state index contributed by atoms with van der Waals surface area (Å²) in [6.07, 6.45) is 0.329. The number of hydrogen-bond donors (Lipinski definition) is 0. The number of halogens is 1. The number of likely N-dealkylation sites (N-methyl/N-ethyl adjacent to an activating group) is 1. The summed E-state index contributed by atoms with van der Waals surface area (Å²) in [6.45, 7) is 6.74. The summed E-state index contributed by atoms with van der Waals surface area (Å²) < 4.78 is 23.0. The summed E-state index contributed by atoms with van der Waals surface area (Å²) in [5.74, 6) is 1.44. The number of aromatic nitrogens is 2. The van der Waals surface area contributed by atoms with Crippen LogP contribution >= 0.6 is 11.6 Å². The highest BCUT2D eigenvalue weighted by atomic mass is 35.5. The lowest BCUT2D eigenvalue weighted by atomic mass is 10.0. The highest BCUT2D eigenvalue weighted by Gasteiger charge is 2.30. The van der Waals surface area contributed by atoms with Crippen LogP contribution in [0.5, 0.6) is 11.8 Å². The van der Waals surface area contributed by atoms with Crippen molar-refractivity contribution in [2.24, 2.45) is 0 Å². The van der Waals surface area contributed by atoms with E-state index >= 15 is 0 Å². The second-order valence-electron chi connectivity index (χ2n) is 12.4. The van der Waals surface area contributed by atoms with Crippen LogP contribution in [0.4, 0.5) is 16.3 Å². The zero-order chi connectivity index (χ0) is 33.6. The van der Waals surface area contributed by atoms with Gasteiger partial charge in [-0.25, -0.2) is 4.79 Å². The Morgan fingerprint density at radius 3 is 2.42 bits per heavy atom. The first-order chi connectivity index (χ1) is 23.3. The molecule has 2 aliphatic rings. The number of nitrogens with zero attached hydrogens (tertiary/aromatic N) is 6. The predicted octanol–water partition coefficient (Wildman–Crippen LogP) is 5.62. The lowest BCUT2D eigenvalue weighted by Crippen LogP contribution is -2.49. The molecule has 1 atom stereocenters. The third kappa shape index (κ3) is 7.69.